The Morgan fingerprint density at radius 3 is 2.56 bits per heavy atom. The lowest BCUT2D eigenvalue weighted by molar-refractivity contribution is 0.0946. The SMILES string of the molecule is CC(=O)c1cccc(-c2cc(C(=O)NCCOc3ccccc3)ccn2)c1. The fraction of sp³-hybridized carbons (Fsp3) is 0.136. The molecule has 0 aliphatic rings. The lowest BCUT2D eigenvalue weighted by atomic mass is 10.0. The summed E-state index contributed by atoms with van der Waals surface area (Å²) in [6.45, 7) is 2.30. The quantitative estimate of drug-likeness (QED) is 0.514. The molecule has 1 heterocycles. The number of hydrogen-bond acceptors (Lipinski definition) is 4. The standard InChI is InChI=1S/C22H20N2O3/c1-16(25)17-6-5-7-18(14-17)21-15-19(10-11-23-21)22(26)24-12-13-27-20-8-3-2-4-9-20/h2-11,14-15H,12-13H2,1H3,(H,24,26). The van der Waals surface area contributed by atoms with E-state index >= 15 is 0 Å². The van der Waals surface area contributed by atoms with Crippen molar-refractivity contribution in [2.24, 2.45) is 0 Å². The van der Waals surface area contributed by atoms with E-state index in [1.807, 2.05) is 36.4 Å². The molecule has 27 heavy (non-hydrogen) atoms. The molecule has 0 spiro atoms. The molecule has 0 aliphatic heterocycles. The molecule has 1 aromatic heterocycles. The second kappa shape index (κ2) is 8.76. The Bertz CT molecular complexity index is 939. The van der Waals surface area contributed by atoms with Gasteiger partial charge in [0, 0.05) is 22.9 Å². The van der Waals surface area contributed by atoms with Gasteiger partial charge in [-0.1, -0.05) is 36.4 Å². The molecule has 0 unspecified atom stereocenters. The minimum absolute atomic E-state index is 0.0100. The number of aromatic nitrogens is 1. The number of amides is 1. The first-order chi connectivity index (χ1) is 13.1. The smallest absolute Gasteiger partial charge is 0.251 e. The van der Waals surface area contributed by atoms with Gasteiger partial charge in [-0.15, -0.1) is 0 Å². The maximum absolute atomic E-state index is 12.4. The summed E-state index contributed by atoms with van der Waals surface area (Å²) in [4.78, 5) is 28.2. The van der Waals surface area contributed by atoms with E-state index in [-0.39, 0.29) is 11.7 Å². The number of rotatable bonds is 7. The van der Waals surface area contributed by atoms with E-state index in [4.69, 9.17) is 4.74 Å². The van der Waals surface area contributed by atoms with Crippen LogP contribution in [0.5, 0.6) is 5.75 Å². The Kier molecular flexibility index (Phi) is 5.94. The molecule has 2 aromatic carbocycles. The molecular formula is C22H20N2O3. The van der Waals surface area contributed by atoms with Gasteiger partial charge in [-0.2, -0.15) is 0 Å². The van der Waals surface area contributed by atoms with Crippen molar-refractivity contribution in [3.63, 3.8) is 0 Å². The largest absolute Gasteiger partial charge is 0.492 e. The van der Waals surface area contributed by atoms with Crippen molar-refractivity contribution < 1.29 is 14.3 Å². The number of benzene rings is 2. The maximum Gasteiger partial charge on any atom is 0.251 e. The summed E-state index contributed by atoms with van der Waals surface area (Å²) in [7, 11) is 0. The van der Waals surface area contributed by atoms with Crippen molar-refractivity contribution in [3.05, 3.63) is 84.1 Å². The zero-order valence-electron chi connectivity index (χ0n) is 15.0. The van der Waals surface area contributed by atoms with Gasteiger partial charge in [0.1, 0.15) is 12.4 Å². The predicted octanol–water partition coefficient (Wildman–Crippen LogP) is 3.76. The minimum Gasteiger partial charge on any atom is -0.492 e. The van der Waals surface area contributed by atoms with Gasteiger partial charge in [0.25, 0.3) is 5.91 Å². The van der Waals surface area contributed by atoms with E-state index in [1.54, 1.807) is 36.5 Å². The summed E-state index contributed by atoms with van der Waals surface area (Å²) in [5.74, 6) is 0.561. The lowest BCUT2D eigenvalue weighted by Crippen LogP contribution is -2.28. The summed E-state index contributed by atoms with van der Waals surface area (Å²) < 4.78 is 5.56. The van der Waals surface area contributed by atoms with Gasteiger partial charge < -0.3 is 10.1 Å². The molecule has 0 fully saturated rings. The molecule has 0 atom stereocenters. The Morgan fingerprint density at radius 2 is 1.78 bits per heavy atom. The summed E-state index contributed by atoms with van der Waals surface area (Å²) >= 11 is 0. The van der Waals surface area contributed by atoms with Gasteiger partial charge in [-0.3, -0.25) is 14.6 Å². The third kappa shape index (κ3) is 5.01. The van der Waals surface area contributed by atoms with Crippen LogP contribution in [0, 0.1) is 0 Å². The maximum atomic E-state index is 12.4. The summed E-state index contributed by atoms with van der Waals surface area (Å²) in [6.07, 6.45) is 1.59. The number of Topliss-reactive ketones (excluding diaryl/α,β-unsaturated/α-hetero) is 1. The van der Waals surface area contributed by atoms with Crippen LogP contribution in [-0.4, -0.2) is 29.8 Å². The van der Waals surface area contributed by atoms with Gasteiger partial charge in [0.05, 0.1) is 12.2 Å². The zero-order valence-corrected chi connectivity index (χ0v) is 15.0. The van der Waals surface area contributed by atoms with Gasteiger partial charge in [-0.05, 0) is 37.3 Å². The van der Waals surface area contributed by atoms with Crippen LogP contribution in [0.15, 0.2) is 72.9 Å². The molecule has 0 bridgehead atoms. The number of ether oxygens (including phenoxy) is 1. The number of nitrogens with zero attached hydrogens (tertiary/aromatic N) is 1. The molecule has 1 N–H and O–H groups in total. The molecule has 3 rings (SSSR count). The predicted molar refractivity (Wildman–Crippen MR) is 104 cm³/mol. The van der Waals surface area contributed by atoms with Crippen molar-refractivity contribution in [1.29, 1.82) is 0 Å². The van der Waals surface area contributed by atoms with Crippen LogP contribution >= 0.6 is 0 Å². The van der Waals surface area contributed by atoms with Crippen molar-refractivity contribution in [3.8, 4) is 17.0 Å². The van der Waals surface area contributed by atoms with Crippen molar-refractivity contribution in [2.75, 3.05) is 13.2 Å². The molecule has 0 aliphatic carbocycles. The Labute approximate surface area is 158 Å². The van der Waals surface area contributed by atoms with Crippen LogP contribution in [0.3, 0.4) is 0 Å². The lowest BCUT2D eigenvalue weighted by Gasteiger charge is -2.09. The van der Waals surface area contributed by atoms with E-state index in [0.717, 1.165) is 11.3 Å². The Balaban J connectivity index is 1.62. The van der Waals surface area contributed by atoms with Crippen LogP contribution in [0.2, 0.25) is 0 Å². The highest BCUT2D eigenvalue weighted by Gasteiger charge is 2.09. The van der Waals surface area contributed by atoms with Gasteiger partial charge in [-0.25, -0.2) is 0 Å². The molecular weight excluding hydrogens is 340 g/mol. The monoisotopic (exact) mass is 360 g/mol. The second-order valence-corrected chi connectivity index (χ2v) is 5.98. The van der Waals surface area contributed by atoms with E-state index in [1.165, 1.54) is 6.92 Å². The second-order valence-electron chi connectivity index (χ2n) is 5.98. The fourth-order valence-electron chi connectivity index (χ4n) is 2.58. The molecule has 136 valence electrons. The highest BCUT2D eigenvalue weighted by Crippen LogP contribution is 2.19. The molecule has 1 amide bonds. The van der Waals surface area contributed by atoms with Gasteiger partial charge >= 0.3 is 0 Å². The van der Waals surface area contributed by atoms with Gasteiger partial charge in [0.15, 0.2) is 5.78 Å². The van der Waals surface area contributed by atoms with E-state index in [9.17, 15) is 9.59 Å². The van der Waals surface area contributed by atoms with E-state index in [0.29, 0.717) is 30.0 Å². The average molecular weight is 360 g/mol. The number of carbonyl (C=O) groups excluding carboxylic acids is 2. The van der Waals surface area contributed by atoms with Crippen LogP contribution in [0.4, 0.5) is 0 Å². The molecule has 5 heteroatoms. The van der Waals surface area contributed by atoms with Crippen molar-refractivity contribution in [1.82, 2.24) is 10.3 Å². The molecule has 0 saturated heterocycles. The highest BCUT2D eigenvalue weighted by atomic mass is 16.5. The van der Waals surface area contributed by atoms with Crippen molar-refractivity contribution >= 4 is 11.7 Å². The first-order valence-electron chi connectivity index (χ1n) is 8.67. The number of para-hydroxylation sites is 1. The third-order valence-corrected chi connectivity index (χ3v) is 3.99. The number of nitrogens with one attached hydrogen (secondary N) is 1. The number of pyridine rings is 1. The molecule has 0 radical (unpaired) electrons. The number of carbonyl (C=O) groups is 2. The van der Waals surface area contributed by atoms with E-state index in [2.05, 4.69) is 10.3 Å². The minimum atomic E-state index is -0.196. The summed E-state index contributed by atoms with van der Waals surface area (Å²) in [5, 5.41) is 2.83. The number of hydrogen-bond donors (Lipinski definition) is 1. The number of ketones is 1. The zero-order chi connectivity index (χ0) is 19.1. The average Bonchev–Trinajstić information content (AvgIpc) is 2.72. The summed E-state index contributed by atoms with van der Waals surface area (Å²) in [6, 6.07) is 20.0. The molecule has 0 saturated carbocycles. The topological polar surface area (TPSA) is 68.3 Å². The molecule has 5 nitrogen and oxygen atoms in total. The highest BCUT2D eigenvalue weighted by molar-refractivity contribution is 5.96. The Hall–Kier alpha value is -3.47. The molecule has 3 aromatic rings. The van der Waals surface area contributed by atoms with Crippen LogP contribution in [0.1, 0.15) is 27.6 Å². The first kappa shape index (κ1) is 18.3. The van der Waals surface area contributed by atoms with Gasteiger partial charge in [0.2, 0.25) is 0 Å². The van der Waals surface area contributed by atoms with E-state index < -0.39 is 0 Å². The van der Waals surface area contributed by atoms with Crippen molar-refractivity contribution in [2.45, 2.75) is 6.92 Å². The fourth-order valence-corrected chi connectivity index (χ4v) is 2.58. The Morgan fingerprint density at radius 1 is 0.963 bits per heavy atom. The van der Waals surface area contributed by atoms with Crippen LogP contribution in [0.25, 0.3) is 11.3 Å². The van der Waals surface area contributed by atoms with Crippen LogP contribution in [-0.2, 0) is 0 Å². The first-order valence-corrected chi connectivity index (χ1v) is 8.67. The normalized spacial score (nSPS) is 10.3. The van der Waals surface area contributed by atoms with Crippen LogP contribution < -0.4 is 10.1 Å². The third-order valence-electron chi connectivity index (χ3n) is 3.99. The summed E-state index contributed by atoms with van der Waals surface area (Å²) in [5.41, 5.74) is 2.56.